The average molecular weight is 474 g/mol. The first-order valence-electron chi connectivity index (χ1n) is 8.36. The van der Waals surface area contributed by atoms with Crippen molar-refractivity contribution in [2.24, 2.45) is 4.99 Å². The summed E-state index contributed by atoms with van der Waals surface area (Å²) in [6.07, 6.45) is 0.975. The Kier molecular flexibility index (Phi) is 10.5. The Hall–Kier alpha value is -1.35. The van der Waals surface area contributed by atoms with Gasteiger partial charge >= 0.3 is 0 Å². The zero-order valence-corrected chi connectivity index (χ0v) is 18.2. The van der Waals surface area contributed by atoms with Gasteiger partial charge in [-0.1, -0.05) is 24.6 Å². The lowest BCUT2D eigenvalue weighted by Crippen LogP contribution is -2.39. The molecule has 0 atom stereocenters. The summed E-state index contributed by atoms with van der Waals surface area (Å²) in [5.41, 5.74) is 2.25. The van der Waals surface area contributed by atoms with Gasteiger partial charge in [0.2, 0.25) is 0 Å². The van der Waals surface area contributed by atoms with Gasteiger partial charge in [0.25, 0.3) is 0 Å². The van der Waals surface area contributed by atoms with Crippen LogP contribution in [0.15, 0.2) is 34.6 Å². The lowest BCUT2D eigenvalue weighted by Gasteiger charge is -2.12. The van der Waals surface area contributed by atoms with Crippen LogP contribution in [-0.4, -0.2) is 30.6 Å². The van der Waals surface area contributed by atoms with Crippen LogP contribution in [0.25, 0.3) is 0 Å². The van der Waals surface area contributed by atoms with Gasteiger partial charge in [-0.05, 0) is 32.4 Å². The van der Waals surface area contributed by atoms with Crippen LogP contribution < -0.4 is 15.4 Å². The molecule has 1 aromatic carbocycles. The summed E-state index contributed by atoms with van der Waals surface area (Å²) in [6, 6.07) is 8.07. The predicted molar refractivity (Wildman–Crippen MR) is 116 cm³/mol. The fourth-order valence-electron chi connectivity index (χ4n) is 2.06. The molecular weight excluding hydrogens is 447 g/mol. The fraction of sp³-hybridized carbons (Fsp3) is 0.444. The van der Waals surface area contributed by atoms with E-state index in [-0.39, 0.29) is 24.0 Å². The SMILES string of the molecule is CCNC(=NCc1csc(CC)n1)NCCOc1ccc(C)cc1.I. The number of aryl methyl sites for hydroxylation is 2. The minimum Gasteiger partial charge on any atom is -0.492 e. The number of aliphatic imine (C=N–C) groups is 1. The summed E-state index contributed by atoms with van der Waals surface area (Å²) >= 11 is 1.69. The molecule has 0 unspecified atom stereocenters. The third-order valence-corrected chi connectivity index (χ3v) is 4.37. The number of guanidine groups is 1. The Morgan fingerprint density at radius 3 is 2.60 bits per heavy atom. The molecule has 0 saturated carbocycles. The van der Waals surface area contributed by atoms with Crippen molar-refractivity contribution in [3.8, 4) is 5.75 Å². The van der Waals surface area contributed by atoms with Gasteiger partial charge in [0.15, 0.2) is 5.96 Å². The van der Waals surface area contributed by atoms with Gasteiger partial charge in [-0.15, -0.1) is 35.3 Å². The van der Waals surface area contributed by atoms with Crippen LogP contribution in [0.4, 0.5) is 0 Å². The second-order valence-corrected chi connectivity index (χ2v) is 6.31. The molecule has 0 radical (unpaired) electrons. The molecule has 0 saturated heterocycles. The van der Waals surface area contributed by atoms with Gasteiger partial charge in [-0.25, -0.2) is 9.98 Å². The Labute approximate surface area is 171 Å². The molecule has 2 aromatic rings. The zero-order chi connectivity index (χ0) is 17.2. The van der Waals surface area contributed by atoms with Crippen molar-refractivity contribution in [2.75, 3.05) is 19.7 Å². The van der Waals surface area contributed by atoms with Crippen molar-refractivity contribution in [3.05, 3.63) is 45.9 Å². The number of nitrogens with one attached hydrogen (secondary N) is 2. The number of hydrogen-bond donors (Lipinski definition) is 2. The number of halogens is 1. The highest BCUT2D eigenvalue weighted by atomic mass is 127. The molecule has 5 nitrogen and oxygen atoms in total. The van der Waals surface area contributed by atoms with E-state index in [1.165, 1.54) is 5.56 Å². The van der Waals surface area contributed by atoms with Gasteiger partial charge in [0, 0.05) is 11.9 Å². The zero-order valence-electron chi connectivity index (χ0n) is 15.0. The summed E-state index contributed by atoms with van der Waals surface area (Å²) in [6.45, 7) is 8.92. The highest BCUT2D eigenvalue weighted by Crippen LogP contribution is 2.11. The van der Waals surface area contributed by atoms with Crippen LogP contribution in [-0.2, 0) is 13.0 Å². The van der Waals surface area contributed by atoms with Crippen LogP contribution in [0.1, 0.15) is 30.1 Å². The molecule has 0 aliphatic rings. The number of ether oxygens (including phenoxy) is 1. The Morgan fingerprint density at radius 1 is 1.20 bits per heavy atom. The third kappa shape index (κ3) is 8.04. The maximum atomic E-state index is 5.71. The van der Waals surface area contributed by atoms with E-state index in [2.05, 4.69) is 46.8 Å². The third-order valence-electron chi connectivity index (χ3n) is 3.33. The number of benzene rings is 1. The second kappa shape index (κ2) is 12.1. The Morgan fingerprint density at radius 2 is 1.96 bits per heavy atom. The summed E-state index contributed by atoms with van der Waals surface area (Å²) in [7, 11) is 0. The van der Waals surface area contributed by atoms with E-state index in [0.717, 1.165) is 35.4 Å². The maximum Gasteiger partial charge on any atom is 0.191 e. The number of nitrogens with zero attached hydrogens (tertiary/aromatic N) is 2. The van der Waals surface area contributed by atoms with E-state index in [1.54, 1.807) is 11.3 Å². The number of rotatable bonds is 8. The Bertz CT molecular complexity index is 643. The number of thiazole rings is 1. The maximum absolute atomic E-state index is 5.71. The molecule has 2 rings (SSSR count). The molecule has 7 heteroatoms. The quantitative estimate of drug-likeness (QED) is 0.265. The molecule has 0 amide bonds. The van der Waals surface area contributed by atoms with Crippen LogP contribution in [0.2, 0.25) is 0 Å². The fourth-order valence-corrected chi connectivity index (χ4v) is 2.79. The second-order valence-electron chi connectivity index (χ2n) is 5.37. The van der Waals surface area contributed by atoms with Gasteiger partial charge < -0.3 is 15.4 Å². The first-order valence-corrected chi connectivity index (χ1v) is 9.24. The number of hydrogen-bond acceptors (Lipinski definition) is 4. The lowest BCUT2D eigenvalue weighted by atomic mass is 10.2. The summed E-state index contributed by atoms with van der Waals surface area (Å²) < 4.78 is 5.71. The van der Waals surface area contributed by atoms with Gasteiger partial charge in [0.05, 0.1) is 23.8 Å². The normalized spacial score (nSPS) is 10.9. The largest absolute Gasteiger partial charge is 0.492 e. The molecule has 2 N–H and O–H groups in total. The van der Waals surface area contributed by atoms with E-state index in [0.29, 0.717) is 19.7 Å². The molecular formula is C18H27IN4OS. The average Bonchev–Trinajstić information content (AvgIpc) is 3.06. The summed E-state index contributed by atoms with van der Waals surface area (Å²) in [5.74, 6) is 1.68. The standard InChI is InChI=1S/C18H26N4OS.HI/c1-4-17-22-15(13-24-17)12-21-18(19-5-2)20-10-11-23-16-8-6-14(3)7-9-16;/h6-9,13H,4-5,10-12H2,1-3H3,(H2,19,20,21);1H. The van der Waals surface area contributed by atoms with Crippen LogP contribution in [0.5, 0.6) is 5.75 Å². The van der Waals surface area contributed by atoms with E-state index in [4.69, 9.17) is 4.74 Å². The minimum atomic E-state index is 0. The van der Waals surface area contributed by atoms with Crippen LogP contribution in [0.3, 0.4) is 0 Å². The summed E-state index contributed by atoms with van der Waals surface area (Å²) in [5, 5.41) is 9.75. The topological polar surface area (TPSA) is 58.5 Å². The van der Waals surface area contributed by atoms with Crippen molar-refractivity contribution in [1.82, 2.24) is 15.6 Å². The molecule has 1 heterocycles. The molecule has 0 aliphatic heterocycles. The molecule has 0 aliphatic carbocycles. The molecule has 0 bridgehead atoms. The van der Waals surface area contributed by atoms with Crippen molar-refractivity contribution < 1.29 is 4.74 Å². The molecule has 0 spiro atoms. The summed E-state index contributed by atoms with van der Waals surface area (Å²) in [4.78, 5) is 9.11. The van der Waals surface area contributed by atoms with Crippen molar-refractivity contribution in [1.29, 1.82) is 0 Å². The van der Waals surface area contributed by atoms with Crippen molar-refractivity contribution in [3.63, 3.8) is 0 Å². The molecule has 0 fully saturated rings. The van der Waals surface area contributed by atoms with Gasteiger partial charge in [0.1, 0.15) is 12.4 Å². The Balaban J connectivity index is 0.00000312. The smallest absolute Gasteiger partial charge is 0.191 e. The van der Waals surface area contributed by atoms with Gasteiger partial charge in [-0.2, -0.15) is 0 Å². The first kappa shape index (κ1) is 21.7. The molecule has 138 valence electrons. The van der Waals surface area contributed by atoms with E-state index in [1.807, 2.05) is 24.3 Å². The minimum absolute atomic E-state index is 0. The van der Waals surface area contributed by atoms with E-state index < -0.39 is 0 Å². The lowest BCUT2D eigenvalue weighted by molar-refractivity contribution is 0.322. The molecule has 25 heavy (non-hydrogen) atoms. The highest BCUT2D eigenvalue weighted by molar-refractivity contribution is 14.0. The van der Waals surface area contributed by atoms with Crippen LogP contribution >= 0.6 is 35.3 Å². The van der Waals surface area contributed by atoms with Crippen molar-refractivity contribution >= 4 is 41.3 Å². The van der Waals surface area contributed by atoms with E-state index >= 15 is 0 Å². The predicted octanol–water partition coefficient (Wildman–Crippen LogP) is 3.77. The van der Waals surface area contributed by atoms with Gasteiger partial charge in [-0.3, -0.25) is 0 Å². The molecule has 1 aromatic heterocycles. The van der Waals surface area contributed by atoms with Crippen molar-refractivity contribution in [2.45, 2.75) is 33.7 Å². The first-order chi connectivity index (χ1) is 11.7. The highest BCUT2D eigenvalue weighted by Gasteiger charge is 2.01. The van der Waals surface area contributed by atoms with E-state index in [9.17, 15) is 0 Å². The van der Waals surface area contributed by atoms with Crippen LogP contribution in [0, 0.1) is 6.92 Å². The number of aromatic nitrogens is 1. The monoisotopic (exact) mass is 474 g/mol.